The van der Waals surface area contributed by atoms with E-state index in [2.05, 4.69) is 10.6 Å². The van der Waals surface area contributed by atoms with E-state index >= 15 is 0 Å². The summed E-state index contributed by atoms with van der Waals surface area (Å²) in [4.78, 5) is 26.1. The monoisotopic (exact) mass is 552 g/mol. The molecule has 0 saturated carbocycles. The van der Waals surface area contributed by atoms with E-state index in [1.807, 2.05) is 25.1 Å². The number of anilines is 1. The van der Waals surface area contributed by atoms with E-state index in [0.29, 0.717) is 35.4 Å². The Bertz CT molecular complexity index is 1630. The number of amides is 2. The predicted molar refractivity (Wildman–Crippen MR) is 155 cm³/mol. The zero-order chi connectivity index (χ0) is 28.8. The van der Waals surface area contributed by atoms with E-state index in [-0.39, 0.29) is 35.9 Å². The number of carbonyl (C=O) groups excluding carboxylic acids is 2. The summed E-state index contributed by atoms with van der Waals surface area (Å²) >= 11 is 0. The third-order valence-corrected chi connectivity index (χ3v) is 6.56. The van der Waals surface area contributed by atoms with Gasteiger partial charge in [-0.2, -0.15) is 0 Å². The highest BCUT2D eigenvalue weighted by atomic mass is 19.1. The van der Waals surface area contributed by atoms with Crippen LogP contribution in [0.3, 0.4) is 0 Å². The summed E-state index contributed by atoms with van der Waals surface area (Å²) in [5, 5.41) is 16.1. The van der Waals surface area contributed by atoms with E-state index in [0.717, 1.165) is 16.5 Å². The molecule has 1 aromatic heterocycles. The Morgan fingerprint density at radius 3 is 2.39 bits per heavy atom. The van der Waals surface area contributed by atoms with Crippen molar-refractivity contribution >= 4 is 28.5 Å². The Hall–Kier alpha value is -5.11. The molecule has 5 rings (SSSR count). The van der Waals surface area contributed by atoms with Crippen LogP contribution in [0.25, 0.3) is 11.0 Å². The van der Waals surface area contributed by atoms with Gasteiger partial charge in [0.1, 0.15) is 22.9 Å². The zero-order valence-corrected chi connectivity index (χ0v) is 22.4. The molecule has 0 spiro atoms. The normalized spacial score (nSPS) is 11.7. The molecule has 0 aliphatic rings. The minimum absolute atomic E-state index is 0.151. The van der Waals surface area contributed by atoms with Crippen molar-refractivity contribution in [3.05, 3.63) is 125 Å². The molecule has 4 aromatic carbocycles. The van der Waals surface area contributed by atoms with Gasteiger partial charge in [0.2, 0.25) is 0 Å². The van der Waals surface area contributed by atoms with Crippen molar-refractivity contribution in [1.29, 1.82) is 0 Å². The molecular formula is C33H29FN2O5. The average molecular weight is 553 g/mol. The highest BCUT2D eigenvalue weighted by molar-refractivity contribution is 6.06. The second-order valence-electron chi connectivity index (χ2n) is 9.78. The van der Waals surface area contributed by atoms with Crippen LogP contribution >= 0.6 is 0 Å². The van der Waals surface area contributed by atoms with Crippen LogP contribution in [0.2, 0.25) is 0 Å². The number of benzene rings is 4. The lowest BCUT2D eigenvalue weighted by Crippen LogP contribution is -2.34. The number of fused-ring (bicyclic) bond motifs is 1. The fourth-order valence-electron chi connectivity index (χ4n) is 4.44. The van der Waals surface area contributed by atoms with Crippen molar-refractivity contribution < 1.29 is 28.2 Å². The van der Waals surface area contributed by atoms with Gasteiger partial charge >= 0.3 is 0 Å². The predicted octanol–water partition coefficient (Wildman–Crippen LogP) is 6.51. The quantitative estimate of drug-likeness (QED) is 0.183. The first-order valence-electron chi connectivity index (χ1n) is 13.2. The van der Waals surface area contributed by atoms with E-state index < -0.39 is 5.91 Å². The molecule has 3 N–H and O–H groups in total. The number of ether oxygens (including phenoxy) is 1. The summed E-state index contributed by atoms with van der Waals surface area (Å²) in [6.07, 6.45) is 1.08. The van der Waals surface area contributed by atoms with Crippen LogP contribution < -0.4 is 15.4 Å². The first-order valence-corrected chi connectivity index (χ1v) is 13.2. The number of phenols is 1. The number of phenolic OH excluding ortho intramolecular Hbond substituents is 1. The zero-order valence-electron chi connectivity index (χ0n) is 22.4. The maximum Gasteiger partial charge on any atom is 0.291 e. The summed E-state index contributed by atoms with van der Waals surface area (Å²) in [5.41, 5.74) is 3.21. The summed E-state index contributed by atoms with van der Waals surface area (Å²) in [6.45, 7) is 2.14. The molecular weight excluding hydrogens is 523 g/mol. The SMILES string of the molecule is CC(Cc1ccc(F)cc1)NC(=O)c1ccc(NC(=O)c2cc3ccccc3o2)c(OCCc2ccc(O)cc2)c1. The molecule has 1 unspecified atom stereocenters. The van der Waals surface area contributed by atoms with E-state index in [9.17, 15) is 19.1 Å². The summed E-state index contributed by atoms with van der Waals surface area (Å²) < 4.78 is 25.0. The molecule has 208 valence electrons. The van der Waals surface area contributed by atoms with Gasteiger partial charge in [-0.3, -0.25) is 9.59 Å². The van der Waals surface area contributed by atoms with Crippen molar-refractivity contribution in [2.24, 2.45) is 0 Å². The van der Waals surface area contributed by atoms with Gasteiger partial charge < -0.3 is 24.9 Å². The van der Waals surface area contributed by atoms with Crippen molar-refractivity contribution in [2.45, 2.75) is 25.8 Å². The minimum Gasteiger partial charge on any atom is -0.508 e. The largest absolute Gasteiger partial charge is 0.508 e. The fourth-order valence-corrected chi connectivity index (χ4v) is 4.44. The van der Waals surface area contributed by atoms with Crippen molar-refractivity contribution in [1.82, 2.24) is 5.32 Å². The molecule has 0 bridgehead atoms. The average Bonchev–Trinajstić information content (AvgIpc) is 3.41. The Morgan fingerprint density at radius 1 is 0.902 bits per heavy atom. The fraction of sp³-hybridized carbons (Fsp3) is 0.152. The van der Waals surface area contributed by atoms with Gasteiger partial charge in [0.25, 0.3) is 11.8 Å². The Kier molecular flexibility index (Phi) is 8.29. The number of aromatic hydroxyl groups is 1. The molecule has 41 heavy (non-hydrogen) atoms. The lowest BCUT2D eigenvalue weighted by atomic mass is 10.1. The molecule has 2 amide bonds. The van der Waals surface area contributed by atoms with Crippen LogP contribution in [0.4, 0.5) is 10.1 Å². The maximum absolute atomic E-state index is 13.2. The second kappa shape index (κ2) is 12.4. The van der Waals surface area contributed by atoms with Gasteiger partial charge in [0, 0.05) is 23.4 Å². The number of nitrogens with one attached hydrogen (secondary N) is 2. The first-order chi connectivity index (χ1) is 19.8. The Labute approximate surface area is 236 Å². The summed E-state index contributed by atoms with van der Waals surface area (Å²) in [7, 11) is 0. The third-order valence-electron chi connectivity index (χ3n) is 6.56. The van der Waals surface area contributed by atoms with Crippen LogP contribution in [0.15, 0.2) is 101 Å². The molecule has 0 fully saturated rings. The van der Waals surface area contributed by atoms with Gasteiger partial charge in [-0.05, 0) is 79.1 Å². The molecule has 1 heterocycles. The van der Waals surface area contributed by atoms with Gasteiger partial charge in [-0.15, -0.1) is 0 Å². The molecule has 0 aliphatic carbocycles. The smallest absolute Gasteiger partial charge is 0.291 e. The highest BCUT2D eigenvalue weighted by Gasteiger charge is 2.18. The van der Waals surface area contributed by atoms with Gasteiger partial charge in [-0.25, -0.2) is 4.39 Å². The van der Waals surface area contributed by atoms with Gasteiger partial charge in [0.15, 0.2) is 5.76 Å². The molecule has 8 heteroatoms. The summed E-state index contributed by atoms with van der Waals surface area (Å²) in [6, 6.07) is 26.6. The third kappa shape index (κ3) is 7.10. The Balaban J connectivity index is 1.32. The number of para-hydroxylation sites is 1. The topological polar surface area (TPSA) is 101 Å². The van der Waals surface area contributed by atoms with E-state index in [1.165, 1.54) is 12.1 Å². The second-order valence-corrected chi connectivity index (χ2v) is 9.78. The molecule has 0 radical (unpaired) electrons. The standard InChI is InChI=1S/C33H29FN2O5/c1-21(18-23-6-11-26(34)12-7-23)35-32(38)25-10-15-28(30(20-25)40-17-16-22-8-13-27(37)14-9-22)36-33(39)31-19-24-4-2-3-5-29(24)41-31/h2-15,19-21,37H,16-18H2,1H3,(H,35,38)(H,36,39). The number of carbonyl (C=O) groups is 2. The van der Waals surface area contributed by atoms with Crippen LogP contribution in [-0.2, 0) is 12.8 Å². The number of hydrogen-bond donors (Lipinski definition) is 3. The molecule has 1 atom stereocenters. The molecule has 5 aromatic rings. The van der Waals surface area contributed by atoms with Gasteiger partial charge in [-0.1, -0.05) is 42.5 Å². The van der Waals surface area contributed by atoms with Crippen LogP contribution in [0.1, 0.15) is 39.0 Å². The summed E-state index contributed by atoms with van der Waals surface area (Å²) in [5.74, 6) is -0.411. The van der Waals surface area contributed by atoms with Crippen LogP contribution in [0, 0.1) is 5.82 Å². The number of hydrogen-bond acceptors (Lipinski definition) is 5. The number of halogens is 1. The Morgan fingerprint density at radius 2 is 1.63 bits per heavy atom. The maximum atomic E-state index is 13.2. The number of furan rings is 1. The van der Waals surface area contributed by atoms with Crippen LogP contribution in [0.5, 0.6) is 11.5 Å². The van der Waals surface area contributed by atoms with Crippen LogP contribution in [-0.4, -0.2) is 29.6 Å². The van der Waals surface area contributed by atoms with E-state index in [1.54, 1.807) is 66.7 Å². The lowest BCUT2D eigenvalue weighted by molar-refractivity contribution is 0.0939. The number of rotatable bonds is 10. The van der Waals surface area contributed by atoms with Gasteiger partial charge in [0.05, 0.1) is 12.3 Å². The van der Waals surface area contributed by atoms with Crippen molar-refractivity contribution in [3.8, 4) is 11.5 Å². The molecule has 0 aliphatic heterocycles. The highest BCUT2D eigenvalue weighted by Crippen LogP contribution is 2.28. The molecule has 7 nitrogen and oxygen atoms in total. The molecule has 0 saturated heterocycles. The van der Waals surface area contributed by atoms with Crippen molar-refractivity contribution in [3.63, 3.8) is 0 Å². The minimum atomic E-state index is -0.449. The lowest BCUT2D eigenvalue weighted by Gasteiger charge is -2.16. The van der Waals surface area contributed by atoms with Crippen molar-refractivity contribution in [2.75, 3.05) is 11.9 Å². The van der Waals surface area contributed by atoms with E-state index in [4.69, 9.17) is 9.15 Å². The first kappa shape index (κ1) is 27.5.